The Balaban J connectivity index is 1.61. The van der Waals surface area contributed by atoms with E-state index in [1.807, 2.05) is 53.4 Å². The van der Waals surface area contributed by atoms with E-state index in [4.69, 9.17) is 0 Å². The highest BCUT2D eigenvalue weighted by Crippen LogP contribution is 2.34. The first-order chi connectivity index (χ1) is 14.6. The maximum atomic E-state index is 13.6. The van der Waals surface area contributed by atoms with Crippen LogP contribution in [0.1, 0.15) is 39.5 Å². The minimum atomic E-state index is -0.183. The molecule has 5 rings (SSSR count). The van der Waals surface area contributed by atoms with Gasteiger partial charge in [-0.1, -0.05) is 48.5 Å². The number of nitrogens with zero attached hydrogens (tertiary/aromatic N) is 3. The molecule has 0 fully saturated rings. The third-order valence-electron chi connectivity index (χ3n) is 5.78. The predicted octanol–water partition coefficient (Wildman–Crippen LogP) is 4.27. The molecule has 5 nitrogen and oxygen atoms in total. The Bertz CT molecular complexity index is 1290. The van der Waals surface area contributed by atoms with Gasteiger partial charge < -0.3 is 4.90 Å². The number of fused-ring (bicyclic) bond motifs is 2. The fourth-order valence-electron chi connectivity index (χ4n) is 4.18. The van der Waals surface area contributed by atoms with Crippen molar-refractivity contribution in [2.75, 3.05) is 6.54 Å². The van der Waals surface area contributed by atoms with Gasteiger partial charge in [0.25, 0.3) is 11.5 Å². The smallest absolute Gasteiger partial charge is 0.275 e. The van der Waals surface area contributed by atoms with Gasteiger partial charge in [-0.3, -0.25) is 9.59 Å². The molecule has 0 N–H and O–H groups in total. The third-order valence-corrected chi connectivity index (χ3v) is 6.78. The highest BCUT2D eigenvalue weighted by atomic mass is 32.1. The lowest BCUT2D eigenvalue weighted by Crippen LogP contribution is -2.40. The van der Waals surface area contributed by atoms with Gasteiger partial charge >= 0.3 is 0 Å². The van der Waals surface area contributed by atoms with Crippen LogP contribution in [-0.4, -0.2) is 27.1 Å². The summed E-state index contributed by atoms with van der Waals surface area (Å²) in [6, 6.07) is 19.1. The molecule has 6 heteroatoms. The molecule has 30 heavy (non-hydrogen) atoms. The monoisotopic (exact) mass is 415 g/mol. The van der Waals surface area contributed by atoms with Crippen LogP contribution in [-0.2, 0) is 13.0 Å². The van der Waals surface area contributed by atoms with E-state index in [0.29, 0.717) is 29.6 Å². The van der Waals surface area contributed by atoms with Gasteiger partial charge in [-0.05, 0) is 42.0 Å². The molecule has 150 valence electrons. The number of aromatic nitrogens is 2. The molecule has 2 aromatic heterocycles. The van der Waals surface area contributed by atoms with Crippen molar-refractivity contribution in [2.45, 2.75) is 25.9 Å². The van der Waals surface area contributed by atoms with E-state index < -0.39 is 0 Å². The van der Waals surface area contributed by atoms with Crippen LogP contribution in [0.2, 0.25) is 0 Å². The van der Waals surface area contributed by atoms with Gasteiger partial charge in [0.2, 0.25) is 0 Å². The normalized spacial score (nSPS) is 15.9. The standard InChI is InChI=1S/C24H21N3O2S/c1-16-18-12-14-30-21(18)11-13-26(16)24(29)22-19-9-5-6-10-20(19)23(28)27(25-22)15-17-7-3-2-4-8-17/h2-10,12,14,16H,11,13,15H2,1H3/t16-/m0/s1. The van der Waals surface area contributed by atoms with E-state index in [1.165, 1.54) is 15.1 Å². The van der Waals surface area contributed by atoms with Crippen molar-refractivity contribution in [3.8, 4) is 0 Å². The van der Waals surface area contributed by atoms with Gasteiger partial charge in [-0.15, -0.1) is 11.3 Å². The largest absolute Gasteiger partial charge is 0.330 e. The minimum absolute atomic E-state index is 0.0115. The Morgan fingerprint density at radius 1 is 1.07 bits per heavy atom. The van der Waals surface area contributed by atoms with Gasteiger partial charge in [-0.25, -0.2) is 4.68 Å². The molecule has 4 aromatic rings. The summed E-state index contributed by atoms with van der Waals surface area (Å²) in [4.78, 5) is 29.9. The first-order valence-electron chi connectivity index (χ1n) is 10.0. The van der Waals surface area contributed by atoms with Crippen molar-refractivity contribution in [3.05, 3.63) is 98.1 Å². The second-order valence-electron chi connectivity index (χ2n) is 7.57. The summed E-state index contributed by atoms with van der Waals surface area (Å²) < 4.78 is 1.41. The molecule has 1 atom stereocenters. The van der Waals surface area contributed by atoms with Crippen molar-refractivity contribution in [2.24, 2.45) is 0 Å². The van der Waals surface area contributed by atoms with Gasteiger partial charge in [-0.2, -0.15) is 5.10 Å². The molecule has 3 heterocycles. The minimum Gasteiger partial charge on any atom is -0.330 e. The Labute approximate surface area is 178 Å². The Hall–Kier alpha value is -3.25. The van der Waals surface area contributed by atoms with Crippen molar-refractivity contribution in [3.63, 3.8) is 0 Å². The molecule has 1 aliphatic heterocycles. The number of carbonyl (C=O) groups is 1. The van der Waals surface area contributed by atoms with Crippen molar-refractivity contribution in [1.29, 1.82) is 0 Å². The molecular weight excluding hydrogens is 394 g/mol. The molecule has 0 radical (unpaired) electrons. The maximum absolute atomic E-state index is 13.6. The summed E-state index contributed by atoms with van der Waals surface area (Å²) in [7, 11) is 0. The van der Waals surface area contributed by atoms with Crippen LogP contribution in [0.5, 0.6) is 0 Å². The van der Waals surface area contributed by atoms with E-state index in [9.17, 15) is 9.59 Å². The van der Waals surface area contributed by atoms with Gasteiger partial charge in [0, 0.05) is 16.8 Å². The van der Waals surface area contributed by atoms with E-state index in [0.717, 1.165) is 12.0 Å². The molecule has 2 aromatic carbocycles. The molecule has 0 saturated carbocycles. The van der Waals surface area contributed by atoms with E-state index >= 15 is 0 Å². The summed E-state index contributed by atoms with van der Waals surface area (Å²) in [5.74, 6) is -0.127. The zero-order valence-electron chi connectivity index (χ0n) is 16.6. The molecule has 0 aliphatic carbocycles. The molecule has 1 amide bonds. The average molecular weight is 416 g/mol. The van der Waals surface area contributed by atoms with Crippen LogP contribution >= 0.6 is 11.3 Å². The van der Waals surface area contributed by atoms with Crippen molar-refractivity contribution >= 4 is 28.0 Å². The zero-order chi connectivity index (χ0) is 20.7. The van der Waals surface area contributed by atoms with E-state index in [1.54, 1.807) is 17.4 Å². The van der Waals surface area contributed by atoms with Crippen LogP contribution in [0, 0.1) is 0 Å². The number of thiophene rings is 1. The van der Waals surface area contributed by atoms with Crippen LogP contribution in [0.4, 0.5) is 0 Å². The SMILES string of the molecule is C[C@H]1c2ccsc2CCN1C(=O)c1nn(Cc2ccccc2)c(=O)c2ccccc12. The molecule has 0 bridgehead atoms. The summed E-state index contributed by atoms with van der Waals surface area (Å²) in [5.41, 5.74) is 2.33. The van der Waals surface area contributed by atoms with Gasteiger partial charge in [0.1, 0.15) is 0 Å². The van der Waals surface area contributed by atoms with Crippen LogP contribution in [0.3, 0.4) is 0 Å². The second-order valence-corrected chi connectivity index (χ2v) is 8.57. The number of amides is 1. The quantitative estimate of drug-likeness (QED) is 0.502. The van der Waals surface area contributed by atoms with Crippen molar-refractivity contribution < 1.29 is 4.79 Å². The van der Waals surface area contributed by atoms with E-state index in [2.05, 4.69) is 23.5 Å². The highest BCUT2D eigenvalue weighted by molar-refractivity contribution is 7.10. The number of hydrogen-bond donors (Lipinski definition) is 0. The number of rotatable bonds is 3. The lowest BCUT2D eigenvalue weighted by Gasteiger charge is -2.33. The average Bonchev–Trinajstić information content (AvgIpc) is 3.26. The van der Waals surface area contributed by atoms with Crippen LogP contribution in [0.25, 0.3) is 10.8 Å². The summed E-state index contributed by atoms with van der Waals surface area (Å²) >= 11 is 1.75. The Morgan fingerprint density at radius 2 is 1.80 bits per heavy atom. The summed E-state index contributed by atoms with van der Waals surface area (Å²) in [6.45, 7) is 3.04. The predicted molar refractivity (Wildman–Crippen MR) is 119 cm³/mol. The topological polar surface area (TPSA) is 55.2 Å². The highest BCUT2D eigenvalue weighted by Gasteiger charge is 2.31. The lowest BCUT2D eigenvalue weighted by atomic mass is 10.0. The molecular formula is C24H21N3O2S. The second kappa shape index (κ2) is 7.54. The summed E-state index contributed by atoms with van der Waals surface area (Å²) in [5, 5.41) is 7.78. The first-order valence-corrected chi connectivity index (χ1v) is 10.9. The lowest BCUT2D eigenvalue weighted by molar-refractivity contribution is 0.0673. The molecule has 0 saturated heterocycles. The Kier molecular flexibility index (Phi) is 4.71. The van der Waals surface area contributed by atoms with Crippen molar-refractivity contribution in [1.82, 2.24) is 14.7 Å². The zero-order valence-corrected chi connectivity index (χ0v) is 17.4. The number of benzene rings is 2. The van der Waals surface area contributed by atoms with E-state index in [-0.39, 0.29) is 17.5 Å². The molecule has 0 spiro atoms. The maximum Gasteiger partial charge on any atom is 0.275 e. The first kappa shape index (κ1) is 18.8. The van der Waals surface area contributed by atoms with Gasteiger partial charge in [0.15, 0.2) is 5.69 Å². The van der Waals surface area contributed by atoms with Crippen LogP contribution in [0.15, 0.2) is 70.8 Å². The fourth-order valence-corrected chi connectivity index (χ4v) is 5.14. The Morgan fingerprint density at radius 3 is 2.60 bits per heavy atom. The number of carbonyl (C=O) groups excluding carboxylic acids is 1. The molecule has 1 aliphatic rings. The fraction of sp³-hybridized carbons (Fsp3) is 0.208. The number of hydrogen-bond acceptors (Lipinski definition) is 4. The van der Waals surface area contributed by atoms with Gasteiger partial charge in [0.05, 0.1) is 18.0 Å². The summed E-state index contributed by atoms with van der Waals surface area (Å²) in [6.07, 6.45) is 0.852. The van der Waals surface area contributed by atoms with Crippen LogP contribution < -0.4 is 5.56 Å². The molecule has 0 unspecified atom stereocenters. The third kappa shape index (κ3) is 3.13.